The van der Waals surface area contributed by atoms with Crippen molar-refractivity contribution in [2.45, 2.75) is 12.7 Å². The molecule has 0 aliphatic heterocycles. The van der Waals surface area contributed by atoms with Crippen molar-refractivity contribution in [3.63, 3.8) is 0 Å². The lowest BCUT2D eigenvalue weighted by atomic mass is 10.2. The van der Waals surface area contributed by atoms with Crippen molar-refractivity contribution in [1.29, 1.82) is 0 Å². The first-order valence-corrected chi connectivity index (χ1v) is 6.32. The first-order chi connectivity index (χ1) is 6.40. The van der Waals surface area contributed by atoms with Crippen molar-refractivity contribution in [1.82, 2.24) is 4.98 Å². The topological polar surface area (TPSA) is 56.3 Å². The standard InChI is InChI=1S/C8H10ClNO3S/c1-6-3-7(5-14(9,11)12)4-8(10-6)13-2/h3-4H,5H2,1-2H3. The molecule has 0 atom stereocenters. The van der Waals surface area contributed by atoms with E-state index in [2.05, 4.69) is 4.98 Å². The lowest BCUT2D eigenvalue weighted by Gasteiger charge is -2.03. The van der Waals surface area contributed by atoms with Crippen LogP contribution < -0.4 is 4.74 Å². The van der Waals surface area contributed by atoms with Gasteiger partial charge in [-0.05, 0) is 18.6 Å². The van der Waals surface area contributed by atoms with Crippen LogP contribution in [0.3, 0.4) is 0 Å². The molecule has 1 aromatic rings. The maximum atomic E-state index is 10.8. The molecule has 1 heterocycles. The summed E-state index contributed by atoms with van der Waals surface area (Å²) >= 11 is 0. The number of hydrogen-bond donors (Lipinski definition) is 0. The number of halogens is 1. The van der Waals surface area contributed by atoms with Gasteiger partial charge in [0.25, 0.3) is 0 Å². The van der Waals surface area contributed by atoms with Crippen LogP contribution in [0.4, 0.5) is 0 Å². The quantitative estimate of drug-likeness (QED) is 0.745. The number of rotatable bonds is 3. The molecule has 0 aliphatic carbocycles. The molecule has 0 aliphatic rings. The number of nitrogens with zero attached hydrogens (tertiary/aromatic N) is 1. The Morgan fingerprint density at radius 1 is 1.50 bits per heavy atom. The molecule has 0 bridgehead atoms. The predicted molar refractivity (Wildman–Crippen MR) is 54.0 cm³/mol. The molecular formula is C8H10ClNO3S. The van der Waals surface area contributed by atoms with E-state index in [1.165, 1.54) is 7.11 Å². The Balaban J connectivity index is 3.04. The molecule has 78 valence electrons. The van der Waals surface area contributed by atoms with E-state index in [0.717, 1.165) is 0 Å². The van der Waals surface area contributed by atoms with Gasteiger partial charge in [0.1, 0.15) is 0 Å². The smallest absolute Gasteiger partial charge is 0.236 e. The van der Waals surface area contributed by atoms with Crippen LogP contribution in [0.25, 0.3) is 0 Å². The summed E-state index contributed by atoms with van der Waals surface area (Å²) in [7, 11) is 3.07. The molecule has 0 radical (unpaired) electrons. The summed E-state index contributed by atoms with van der Waals surface area (Å²) in [5, 5.41) is 0. The third kappa shape index (κ3) is 3.51. The summed E-state index contributed by atoms with van der Waals surface area (Å²) in [4.78, 5) is 4.02. The third-order valence-corrected chi connectivity index (χ3v) is 2.54. The number of aromatic nitrogens is 1. The third-order valence-electron chi connectivity index (χ3n) is 1.54. The molecule has 1 rings (SSSR count). The minimum atomic E-state index is -3.53. The van der Waals surface area contributed by atoms with E-state index in [1.807, 2.05) is 0 Å². The molecular weight excluding hydrogens is 226 g/mol. The fourth-order valence-electron chi connectivity index (χ4n) is 1.09. The van der Waals surface area contributed by atoms with E-state index < -0.39 is 9.05 Å². The first kappa shape index (κ1) is 11.3. The molecule has 0 unspecified atom stereocenters. The van der Waals surface area contributed by atoms with Gasteiger partial charge in [-0.1, -0.05) is 0 Å². The van der Waals surface area contributed by atoms with Crippen LogP contribution in [0.1, 0.15) is 11.3 Å². The van der Waals surface area contributed by atoms with Gasteiger partial charge in [0, 0.05) is 22.4 Å². The maximum Gasteiger partial charge on any atom is 0.236 e. The Morgan fingerprint density at radius 2 is 2.14 bits per heavy atom. The summed E-state index contributed by atoms with van der Waals surface area (Å²) < 4.78 is 26.5. The Morgan fingerprint density at radius 3 is 2.64 bits per heavy atom. The lowest BCUT2D eigenvalue weighted by Crippen LogP contribution is -1.98. The largest absolute Gasteiger partial charge is 0.481 e. The zero-order chi connectivity index (χ0) is 10.8. The number of hydrogen-bond acceptors (Lipinski definition) is 4. The number of methoxy groups -OCH3 is 1. The minimum absolute atomic E-state index is 0.214. The normalized spacial score (nSPS) is 11.4. The van der Waals surface area contributed by atoms with Gasteiger partial charge in [-0.25, -0.2) is 13.4 Å². The monoisotopic (exact) mass is 235 g/mol. The number of ether oxygens (including phenoxy) is 1. The number of pyridine rings is 1. The van der Waals surface area contributed by atoms with Crippen LogP contribution in [-0.2, 0) is 14.8 Å². The second-order valence-electron chi connectivity index (χ2n) is 2.84. The fourth-order valence-corrected chi connectivity index (χ4v) is 2.04. The molecule has 0 N–H and O–H groups in total. The Bertz CT molecular complexity index is 430. The van der Waals surface area contributed by atoms with Crippen molar-refractivity contribution >= 4 is 19.7 Å². The minimum Gasteiger partial charge on any atom is -0.481 e. The van der Waals surface area contributed by atoms with Crippen molar-refractivity contribution in [3.8, 4) is 5.88 Å². The number of aryl methyl sites for hydroxylation is 1. The zero-order valence-corrected chi connectivity index (χ0v) is 9.39. The van der Waals surface area contributed by atoms with Crippen LogP contribution in [-0.4, -0.2) is 20.5 Å². The maximum absolute atomic E-state index is 10.8. The Kier molecular flexibility index (Phi) is 3.34. The highest BCUT2D eigenvalue weighted by molar-refractivity contribution is 8.13. The van der Waals surface area contributed by atoms with Gasteiger partial charge in [-0.15, -0.1) is 0 Å². The summed E-state index contributed by atoms with van der Waals surface area (Å²) in [5.74, 6) is 0.175. The molecule has 14 heavy (non-hydrogen) atoms. The average Bonchev–Trinajstić information content (AvgIpc) is 1.99. The highest BCUT2D eigenvalue weighted by Gasteiger charge is 2.09. The predicted octanol–water partition coefficient (Wildman–Crippen LogP) is 1.47. The molecule has 6 heteroatoms. The van der Waals surface area contributed by atoms with E-state index in [4.69, 9.17) is 15.4 Å². The van der Waals surface area contributed by atoms with Crippen LogP contribution >= 0.6 is 10.7 Å². The molecule has 0 aromatic carbocycles. The molecule has 0 saturated heterocycles. The van der Waals surface area contributed by atoms with Crippen LogP contribution in [0.5, 0.6) is 5.88 Å². The van der Waals surface area contributed by atoms with Gasteiger partial charge in [-0.3, -0.25) is 0 Å². The summed E-state index contributed by atoms with van der Waals surface area (Å²) in [6, 6.07) is 3.20. The van der Waals surface area contributed by atoms with Gasteiger partial charge < -0.3 is 4.74 Å². The van der Waals surface area contributed by atoms with Crippen molar-refractivity contribution in [2.24, 2.45) is 0 Å². The second kappa shape index (κ2) is 4.14. The summed E-state index contributed by atoms with van der Waals surface area (Å²) in [5.41, 5.74) is 1.27. The van der Waals surface area contributed by atoms with Gasteiger partial charge >= 0.3 is 0 Å². The SMILES string of the molecule is COc1cc(CS(=O)(=O)Cl)cc(C)n1. The second-order valence-corrected chi connectivity index (χ2v) is 5.62. The molecule has 0 spiro atoms. The highest BCUT2D eigenvalue weighted by atomic mass is 35.7. The van der Waals surface area contributed by atoms with E-state index in [0.29, 0.717) is 17.1 Å². The highest BCUT2D eigenvalue weighted by Crippen LogP contribution is 2.15. The first-order valence-electron chi connectivity index (χ1n) is 3.84. The van der Waals surface area contributed by atoms with Gasteiger partial charge in [0.2, 0.25) is 14.9 Å². The van der Waals surface area contributed by atoms with E-state index in [-0.39, 0.29) is 5.75 Å². The van der Waals surface area contributed by atoms with E-state index in [9.17, 15) is 8.42 Å². The van der Waals surface area contributed by atoms with Crippen LogP contribution in [0, 0.1) is 6.92 Å². The fraction of sp³-hybridized carbons (Fsp3) is 0.375. The molecule has 0 saturated carbocycles. The van der Waals surface area contributed by atoms with E-state index in [1.54, 1.807) is 19.1 Å². The van der Waals surface area contributed by atoms with Crippen molar-refractivity contribution in [2.75, 3.05) is 7.11 Å². The van der Waals surface area contributed by atoms with Crippen LogP contribution in [0.2, 0.25) is 0 Å². The summed E-state index contributed by atoms with van der Waals surface area (Å²) in [6.45, 7) is 1.76. The molecule has 1 aromatic heterocycles. The van der Waals surface area contributed by atoms with E-state index >= 15 is 0 Å². The zero-order valence-electron chi connectivity index (χ0n) is 7.82. The molecule has 4 nitrogen and oxygen atoms in total. The summed E-state index contributed by atoms with van der Waals surface area (Å²) in [6.07, 6.45) is 0. The van der Waals surface area contributed by atoms with Crippen molar-refractivity contribution < 1.29 is 13.2 Å². The Labute approximate surface area is 87.3 Å². The average molecular weight is 236 g/mol. The Hall–Kier alpha value is -0.810. The van der Waals surface area contributed by atoms with Crippen molar-refractivity contribution in [3.05, 3.63) is 23.4 Å². The van der Waals surface area contributed by atoms with Gasteiger partial charge in [-0.2, -0.15) is 0 Å². The van der Waals surface area contributed by atoms with Crippen LogP contribution in [0.15, 0.2) is 12.1 Å². The molecule has 0 amide bonds. The lowest BCUT2D eigenvalue weighted by molar-refractivity contribution is 0.396. The molecule has 0 fully saturated rings. The van der Waals surface area contributed by atoms with Gasteiger partial charge in [0.15, 0.2) is 0 Å². The van der Waals surface area contributed by atoms with Gasteiger partial charge in [0.05, 0.1) is 12.9 Å².